The Morgan fingerprint density at radius 2 is 2.00 bits per heavy atom. The quantitative estimate of drug-likeness (QED) is 0.378. The van der Waals surface area contributed by atoms with Crippen LogP contribution in [0.5, 0.6) is 0 Å². The van der Waals surface area contributed by atoms with E-state index in [1.807, 2.05) is 6.07 Å². The van der Waals surface area contributed by atoms with E-state index < -0.39 is 23.7 Å². The predicted molar refractivity (Wildman–Crippen MR) is 118 cm³/mol. The highest BCUT2D eigenvalue weighted by Gasteiger charge is 2.31. The molecule has 0 aliphatic rings. The van der Waals surface area contributed by atoms with Crippen LogP contribution in [0.25, 0.3) is 33.9 Å². The third-order valence-corrected chi connectivity index (χ3v) is 5.22. The van der Waals surface area contributed by atoms with E-state index in [0.717, 1.165) is 17.7 Å². The lowest BCUT2D eigenvalue weighted by Crippen LogP contribution is -2.27. The van der Waals surface area contributed by atoms with Crippen LogP contribution < -0.4 is 5.32 Å². The predicted octanol–water partition coefficient (Wildman–Crippen LogP) is 4.58. The second-order valence-electron chi connectivity index (χ2n) is 7.66. The van der Waals surface area contributed by atoms with E-state index in [2.05, 4.69) is 35.4 Å². The molecule has 5 aromatic rings. The van der Waals surface area contributed by atoms with Crippen molar-refractivity contribution in [2.75, 3.05) is 0 Å². The number of amides is 1. The van der Waals surface area contributed by atoms with Gasteiger partial charge in [0.25, 0.3) is 5.91 Å². The summed E-state index contributed by atoms with van der Waals surface area (Å²) >= 11 is 0. The van der Waals surface area contributed by atoms with Gasteiger partial charge in [-0.05, 0) is 43.3 Å². The molecule has 0 aliphatic heterocycles. The Morgan fingerprint density at radius 3 is 2.77 bits per heavy atom. The van der Waals surface area contributed by atoms with Gasteiger partial charge in [-0.25, -0.2) is 15.0 Å². The molecule has 176 valence electrons. The van der Waals surface area contributed by atoms with Crippen molar-refractivity contribution in [3.05, 3.63) is 78.1 Å². The van der Waals surface area contributed by atoms with Gasteiger partial charge >= 0.3 is 6.18 Å². The molecule has 4 heterocycles. The number of carbonyl (C=O) groups excluding carboxylic acids is 1. The second-order valence-corrected chi connectivity index (χ2v) is 7.66. The maximum absolute atomic E-state index is 13.0. The Bertz CT molecular complexity index is 1510. The molecule has 0 aliphatic carbocycles. The maximum Gasteiger partial charge on any atom is 0.416 e. The smallest absolute Gasteiger partial charge is 0.353 e. The fourth-order valence-corrected chi connectivity index (χ4v) is 3.41. The number of nitrogens with one attached hydrogen (secondary N) is 2. The molecule has 0 saturated heterocycles. The van der Waals surface area contributed by atoms with Crippen molar-refractivity contribution in [2.45, 2.75) is 19.1 Å². The lowest BCUT2D eigenvalue weighted by Gasteiger charge is -2.10. The minimum atomic E-state index is -4.46. The summed E-state index contributed by atoms with van der Waals surface area (Å²) in [7, 11) is 0. The van der Waals surface area contributed by atoms with Crippen molar-refractivity contribution in [2.24, 2.45) is 0 Å². The molecule has 1 atom stereocenters. The normalized spacial score (nSPS) is 12.6. The lowest BCUT2D eigenvalue weighted by molar-refractivity contribution is -0.137. The van der Waals surface area contributed by atoms with E-state index in [0.29, 0.717) is 16.9 Å². The average Bonchev–Trinajstić information content (AvgIpc) is 3.51. The Hall–Kier alpha value is -4.61. The van der Waals surface area contributed by atoms with Gasteiger partial charge in [0.05, 0.1) is 28.3 Å². The van der Waals surface area contributed by atoms with Crippen molar-refractivity contribution in [3.63, 3.8) is 0 Å². The molecule has 0 unspecified atom stereocenters. The average molecular weight is 479 g/mol. The molecule has 5 rings (SSSR count). The lowest BCUT2D eigenvalue weighted by atomic mass is 10.1. The maximum atomic E-state index is 13.0. The number of alkyl halides is 3. The third kappa shape index (κ3) is 4.58. The summed E-state index contributed by atoms with van der Waals surface area (Å²) < 4.78 is 44.2. The number of rotatable bonds is 5. The van der Waals surface area contributed by atoms with Crippen molar-refractivity contribution < 1.29 is 22.5 Å². The zero-order chi connectivity index (χ0) is 24.6. The van der Waals surface area contributed by atoms with Gasteiger partial charge in [0.1, 0.15) is 17.7 Å². The van der Waals surface area contributed by atoms with E-state index in [1.54, 1.807) is 37.5 Å². The van der Waals surface area contributed by atoms with Crippen LogP contribution in [0.4, 0.5) is 13.2 Å². The number of imidazole rings is 1. The van der Waals surface area contributed by atoms with Crippen molar-refractivity contribution in [1.82, 2.24) is 35.4 Å². The number of halogens is 3. The molecule has 2 N–H and O–H groups in total. The highest BCUT2D eigenvalue weighted by molar-refractivity contribution is 5.93. The molecule has 9 nitrogen and oxygen atoms in total. The van der Waals surface area contributed by atoms with Gasteiger partial charge in [0.2, 0.25) is 5.76 Å². The number of hydrogen-bond acceptors (Lipinski definition) is 7. The molecular formula is C23H16F3N7O2. The zero-order valence-electron chi connectivity index (χ0n) is 18.0. The second kappa shape index (κ2) is 8.63. The van der Waals surface area contributed by atoms with Gasteiger partial charge in [0, 0.05) is 24.0 Å². The molecule has 12 heteroatoms. The van der Waals surface area contributed by atoms with E-state index in [9.17, 15) is 18.0 Å². The molecule has 35 heavy (non-hydrogen) atoms. The first-order valence-corrected chi connectivity index (χ1v) is 10.4. The number of benzene rings is 1. The van der Waals surface area contributed by atoms with Gasteiger partial charge in [-0.3, -0.25) is 9.78 Å². The topological polar surface area (TPSA) is 122 Å². The first-order chi connectivity index (χ1) is 16.8. The van der Waals surface area contributed by atoms with Crippen LogP contribution in [0.3, 0.4) is 0 Å². The summed E-state index contributed by atoms with van der Waals surface area (Å²) in [4.78, 5) is 32.0. The van der Waals surface area contributed by atoms with Crippen LogP contribution in [0, 0.1) is 0 Å². The molecule has 1 amide bonds. The molecule has 4 aromatic heterocycles. The molecule has 0 fully saturated rings. The van der Waals surface area contributed by atoms with E-state index in [1.165, 1.54) is 12.4 Å². The Balaban J connectivity index is 1.32. The van der Waals surface area contributed by atoms with Crippen molar-refractivity contribution in [1.29, 1.82) is 0 Å². The fraction of sp³-hybridized carbons (Fsp3) is 0.130. The Kier molecular flexibility index (Phi) is 5.47. The van der Waals surface area contributed by atoms with Crippen LogP contribution in [0.15, 0.2) is 65.7 Å². The number of nitrogens with zero attached hydrogens (tertiary/aromatic N) is 5. The van der Waals surface area contributed by atoms with Gasteiger partial charge in [-0.2, -0.15) is 13.2 Å². The van der Waals surface area contributed by atoms with E-state index in [-0.39, 0.29) is 22.8 Å². The molecule has 0 radical (unpaired) electrons. The fourth-order valence-electron chi connectivity index (χ4n) is 3.41. The number of aromatic nitrogens is 6. The van der Waals surface area contributed by atoms with Gasteiger partial charge < -0.3 is 14.8 Å². The summed E-state index contributed by atoms with van der Waals surface area (Å²) in [6, 6.07) is 9.34. The molecule has 0 bridgehead atoms. The van der Waals surface area contributed by atoms with Crippen molar-refractivity contribution in [3.8, 4) is 22.8 Å². The van der Waals surface area contributed by atoms with Crippen LogP contribution >= 0.6 is 0 Å². The Morgan fingerprint density at radius 1 is 1.14 bits per heavy atom. The highest BCUT2D eigenvalue weighted by atomic mass is 19.4. The van der Waals surface area contributed by atoms with E-state index >= 15 is 0 Å². The monoisotopic (exact) mass is 479 g/mol. The number of pyridine rings is 1. The summed E-state index contributed by atoms with van der Waals surface area (Å²) in [6.07, 6.45) is 0.0969. The number of hydrogen-bond donors (Lipinski definition) is 2. The molecule has 1 aromatic carbocycles. The first-order valence-electron chi connectivity index (χ1n) is 10.4. The largest absolute Gasteiger partial charge is 0.416 e. The summed E-state index contributed by atoms with van der Waals surface area (Å²) in [5.41, 5.74) is 1.62. The van der Waals surface area contributed by atoms with Crippen LogP contribution in [0.2, 0.25) is 0 Å². The third-order valence-electron chi connectivity index (χ3n) is 5.22. The minimum Gasteiger partial charge on any atom is -0.353 e. The standard InChI is InChI=1S/C23H16F3N7O2/c1-12(30-22(34)19-8-17(28-11-29-19)13-3-2-6-27-10-13)16-9-20(35-33-16)21-31-15-5-4-14(23(24,25)26)7-18(15)32-21/h2-12H,1H3,(H,30,34)(H,31,32)/t12-/m1/s1. The molecule has 0 saturated carbocycles. The first kappa shape index (κ1) is 22.2. The molecule has 0 spiro atoms. The Labute approximate surface area is 195 Å². The van der Waals surface area contributed by atoms with Gasteiger partial charge in [0.15, 0.2) is 5.82 Å². The minimum absolute atomic E-state index is 0.159. The summed E-state index contributed by atoms with van der Waals surface area (Å²) in [6.45, 7) is 1.71. The SMILES string of the molecule is C[C@@H](NC(=O)c1cc(-c2cccnc2)ncn1)c1cc(-c2nc3ccc(C(F)(F)F)cc3[nH]2)on1. The summed E-state index contributed by atoms with van der Waals surface area (Å²) in [5, 5.41) is 6.74. The van der Waals surface area contributed by atoms with Crippen LogP contribution in [-0.2, 0) is 6.18 Å². The molecular weight excluding hydrogens is 463 g/mol. The zero-order valence-corrected chi connectivity index (χ0v) is 18.0. The van der Waals surface area contributed by atoms with Crippen LogP contribution in [0.1, 0.15) is 34.7 Å². The number of fused-ring (bicyclic) bond motifs is 1. The number of carbonyl (C=O) groups is 1. The summed E-state index contributed by atoms with van der Waals surface area (Å²) in [5.74, 6) is -0.0155. The highest BCUT2D eigenvalue weighted by Crippen LogP contribution is 2.32. The van der Waals surface area contributed by atoms with Crippen molar-refractivity contribution >= 4 is 16.9 Å². The van der Waals surface area contributed by atoms with Crippen LogP contribution in [-0.4, -0.2) is 36.0 Å². The van der Waals surface area contributed by atoms with E-state index in [4.69, 9.17) is 4.52 Å². The van der Waals surface area contributed by atoms with Gasteiger partial charge in [-0.1, -0.05) is 5.16 Å². The number of aromatic amines is 1. The number of H-pyrrole nitrogens is 1. The van der Waals surface area contributed by atoms with Gasteiger partial charge in [-0.15, -0.1) is 0 Å².